The van der Waals surface area contributed by atoms with Crippen molar-refractivity contribution < 1.29 is 9.18 Å². The lowest BCUT2D eigenvalue weighted by molar-refractivity contribution is 0.0951. The number of imidazole rings is 1. The summed E-state index contributed by atoms with van der Waals surface area (Å²) in [6.45, 7) is 4.95. The number of nitrogens with one attached hydrogen (secondary N) is 2. The van der Waals surface area contributed by atoms with E-state index in [9.17, 15) is 9.18 Å². The highest BCUT2D eigenvalue weighted by Gasteiger charge is 2.23. The summed E-state index contributed by atoms with van der Waals surface area (Å²) in [4.78, 5) is 25.6. The Morgan fingerprint density at radius 1 is 1.15 bits per heavy atom. The van der Waals surface area contributed by atoms with Crippen LogP contribution in [0.1, 0.15) is 37.0 Å². The molecule has 1 aliphatic rings. The highest BCUT2D eigenvalue weighted by molar-refractivity contribution is 5.95. The van der Waals surface area contributed by atoms with Crippen molar-refractivity contribution in [2.24, 2.45) is 5.92 Å². The lowest BCUT2D eigenvalue weighted by atomic mass is 10.1. The standard InChI is InChI=1S/C25H25FN6O/c1-15(2)10-28-23-24-29-13-22(16-3-5-17(6-4-16)25(33)30-20-7-8-20)32(24)14-21(31-23)18-9-19(26)12-27-11-18/h3-6,9,11-15,20H,7-8,10H2,1-2H3,(H,28,31)(H,30,33). The molecule has 1 amide bonds. The maximum Gasteiger partial charge on any atom is 0.251 e. The SMILES string of the molecule is CC(C)CNc1nc(-c2cncc(F)c2)cn2c(-c3ccc(C(=O)NC4CC4)cc3)cnc12. The molecule has 0 saturated heterocycles. The first-order chi connectivity index (χ1) is 16.0. The predicted octanol–water partition coefficient (Wildman–Crippen LogP) is 4.56. The van der Waals surface area contributed by atoms with Crippen molar-refractivity contribution in [2.75, 3.05) is 11.9 Å². The van der Waals surface area contributed by atoms with E-state index in [1.807, 2.05) is 34.9 Å². The van der Waals surface area contributed by atoms with Gasteiger partial charge in [-0.05, 0) is 37.0 Å². The van der Waals surface area contributed by atoms with Crippen LogP contribution >= 0.6 is 0 Å². The first-order valence-electron chi connectivity index (χ1n) is 11.1. The Morgan fingerprint density at radius 2 is 1.94 bits per heavy atom. The summed E-state index contributed by atoms with van der Waals surface area (Å²) in [6.07, 6.45) is 8.48. The summed E-state index contributed by atoms with van der Waals surface area (Å²) in [7, 11) is 0. The molecule has 1 aliphatic carbocycles. The topological polar surface area (TPSA) is 84.2 Å². The molecule has 3 aromatic heterocycles. The number of benzene rings is 1. The Balaban J connectivity index is 1.55. The van der Waals surface area contributed by atoms with E-state index in [-0.39, 0.29) is 5.91 Å². The van der Waals surface area contributed by atoms with Crippen LogP contribution in [0.15, 0.2) is 55.1 Å². The zero-order valence-electron chi connectivity index (χ0n) is 18.5. The van der Waals surface area contributed by atoms with Crippen molar-refractivity contribution in [3.05, 3.63) is 66.5 Å². The van der Waals surface area contributed by atoms with Crippen LogP contribution < -0.4 is 10.6 Å². The van der Waals surface area contributed by atoms with Gasteiger partial charge in [0.25, 0.3) is 5.91 Å². The molecule has 5 rings (SSSR count). The predicted molar refractivity (Wildman–Crippen MR) is 125 cm³/mol. The summed E-state index contributed by atoms with van der Waals surface area (Å²) in [5, 5.41) is 6.37. The molecule has 8 heteroatoms. The highest BCUT2D eigenvalue weighted by Crippen LogP contribution is 2.28. The van der Waals surface area contributed by atoms with Gasteiger partial charge in [-0.3, -0.25) is 14.2 Å². The van der Waals surface area contributed by atoms with Gasteiger partial charge in [-0.25, -0.2) is 14.4 Å². The molecule has 1 aromatic carbocycles. The number of hydrogen-bond acceptors (Lipinski definition) is 5. The molecule has 4 aromatic rings. The van der Waals surface area contributed by atoms with Crippen LogP contribution in [0, 0.1) is 11.7 Å². The van der Waals surface area contributed by atoms with E-state index < -0.39 is 5.82 Å². The van der Waals surface area contributed by atoms with Gasteiger partial charge in [0.2, 0.25) is 0 Å². The first-order valence-corrected chi connectivity index (χ1v) is 11.1. The molecule has 3 heterocycles. The quantitative estimate of drug-likeness (QED) is 0.437. The van der Waals surface area contributed by atoms with Crippen molar-refractivity contribution in [1.29, 1.82) is 0 Å². The maximum atomic E-state index is 13.8. The number of amides is 1. The average molecular weight is 445 g/mol. The molecule has 0 aliphatic heterocycles. The number of hydrogen-bond donors (Lipinski definition) is 2. The lowest BCUT2D eigenvalue weighted by Gasteiger charge is -2.12. The van der Waals surface area contributed by atoms with E-state index in [1.165, 1.54) is 12.3 Å². The number of nitrogens with zero attached hydrogens (tertiary/aromatic N) is 4. The van der Waals surface area contributed by atoms with E-state index >= 15 is 0 Å². The summed E-state index contributed by atoms with van der Waals surface area (Å²) in [5.74, 6) is 0.566. The van der Waals surface area contributed by atoms with Crippen molar-refractivity contribution in [2.45, 2.75) is 32.7 Å². The van der Waals surface area contributed by atoms with Gasteiger partial charge in [0.05, 0.1) is 23.8 Å². The van der Waals surface area contributed by atoms with Crippen LogP contribution in [0.4, 0.5) is 10.2 Å². The summed E-state index contributed by atoms with van der Waals surface area (Å²) in [6, 6.07) is 9.20. The number of pyridine rings is 1. The van der Waals surface area contributed by atoms with Crippen molar-refractivity contribution in [3.8, 4) is 22.5 Å². The number of carbonyl (C=O) groups is 1. The molecular formula is C25H25FN6O. The fraction of sp³-hybridized carbons (Fsp3) is 0.280. The molecule has 0 unspecified atom stereocenters. The Bertz CT molecular complexity index is 1310. The third-order valence-corrected chi connectivity index (χ3v) is 5.53. The van der Waals surface area contributed by atoms with Crippen LogP contribution in [-0.4, -0.2) is 37.8 Å². The third kappa shape index (κ3) is 4.55. The minimum absolute atomic E-state index is 0.0487. The molecule has 168 valence electrons. The van der Waals surface area contributed by atoms with Gasteiger partial charge in [0.15, 0.2) is 11.5 Å². The van der Waals surface area contributed by atoms with Crippen molar-refractivity contribution in [3.63, 3.8) is 0 Å². The third-order valence-electron chi connectivity index (χ3n) is 5.53. The zero-order chi connectivity index (χ0) is 22.9. The van der Waals surface area contributed by atoms with Gasteiger partial charge in [-0.2, -0.15) is 0 Å². The minimum atomic E-state index is -0.419. The number of carbonyl (C=O) groups excluding carboxylic acids is 1. The van der Waals surface area contributed by atoms with Crippen LogP contribution in [0.2, 0.25) is 0 Å². The Hall–Kier alpha value is -3.81. The van der Waals surface area contributed by atoms with Gasteiger partial charge < -0.3 is 10.6 Å². The summed E-state index contributed by atoms with van der Waals surface area (Å²) in [5.41, 5.74) is 4.23. The average Bonchev–Trinajstić information content (AvgIpc) is 3.52. The van der Waals surface area contributed by atoms with Gasteiger partial charge in [0, 0.05) is 41.7 Å². The van der Waals surface area contributed by atoms with Gasteiger partial charge in [0.1, 0.15) is 5.82 Å². The molecule has 0 bridgehead atoms. The zero-order valence-corrected chi connectivity index (χ0v) is 18.5. The van der Waals surface area contributed by atoms with Gasteiger partial charge in [-0.15, -0.1) is 0 Å². The second kappa shape index (κ2) is 8.61. The molecule has 1 saturated carbocycles. The molecule has 0 atom stereocenters. The smallest absolute Gasteiger partial charge is 0.251 e. The summed E-state index contributed by atoms with van der Waals surface area (Å²) >= 11 is 0. The first kappa shape index (κ1) is 21.1. The van der Waals surface area contributed by atoms with E-state index in [0.717, 1.165) is 30.6 Å². The molecule has 0 radical (unpaired) electrons. The van der Waals surface area contributed by atoms with E-state index in [0.29, 0.717) is 40.2 Å². The second-order valence-electron chi connectivity index (χ2n) is 8.80. The molecule has 0 spiro atoms. The normalized spacial score (nSPS) is 13.5. The number of aromatic nitrogens is 4. The monoisotopic (exact) mass is 444 g/mol. The molecule has 33 heavy (non-hydrogen) atoms. The Morgan fingerprint density at radius 3 is 2.64 bits per heavy atom. The number of rotatable bonds is 7. The Kier molecular flexibility index (Phi) is 5.50. The van der Waals surface area contributed by atoms with Crippen LogP contribution in [0.3, 0.4) is 0 Å². The van der Waals surface area contributed by atoms with Crippen LogP contribution in [-0.2, 0) is 0 Å². The van der Waals surface area contributed by atoms with Crippen molar-refractivity contribution in [1.82, 2.24) is 24.7 Å². The fourth-order valence-corrected chi connectivity index (χ4v) is 3.60. The van der Waals surface area contributed by atoms with E-state index in [1.54, 1.807) is 12.4 Å². The number of halogens is 1. The Labute approximate surface area is 191 Å². The van der Waals surface area contributed by atoms with Gasteiger partial charge in [-0.1, -0.05) is 26.0 Å². The fourth-order valence-electron chi connectivity index (χ4n) is 3.60. The second-order valence-corrected chi connectivity index (χ2v) is 8.80. The summed E-state index contributed by atoms with van der Waals surface area (Å²) < 4.78 is 15.8. The van der Waals surface area contributed by atoms with Crippen molar-refractivity contribution >= 4 is 17.4 Å². The van der Waals surface area contributed by atoms with Crippen LogP contribution in [0.25, 0.3) is 28.2 Å². The lowest BCUT2D eigenvalue weighted by Crippen LogP contribution is -2.25. The largest absolute Gasteiger partial charge is 0.367 e. The molecular weight excluding hydrogens is 419 g/mol. The minimum Gasteiger partial charge on any atom is -0.367 e. The number of fused-ring (bicyclic) bond motifs is 1. The van der Waals surface area contributed by atoms with Gasteiger partial charge >= 0.3 is 0 Å². The highest BCUT2D eigenvalue weighted by atomic mass is 19.1. The molecule has 2 N–H and O–H groups in total. The van der Waals surface area contributed by atoms with E-state index in [2.05, 4.69) is 34.4 Å². The van der Waals surface area contributed by atoms with E-state index in [4.69, 9.17) is 4.98 Å². The maximum absolute atomic E-state index is 13.8. The molecule has 7 nitrogen and oxygen atoms in total. The number of anilines is 1. The van der Waals surface area contributed by atoms with Crippen LogP contribution in [0.5, 0.6) is 0 Å². The molecule has 1 fully saturated rings.